The van der Waals surface area contributed by atoms with Gasteiger partial charge in [-0.25, -0.2) is 0 Å². The van der Waals surface area contributed by atoms with Gasteiger partial charge in [0.15, 0.2) is 0 Å². The van der Waals surface area contributed by atoms with Gasteiger partial charge in [0.2, 0.25) is 16.6 Å². The van der Waals surface area contributed by atoms with Crippen LogP contribution >= 0.6 is 11.6 Å². The Kier molecular flexibility index (Phi) is 8.71. The molecule has 25 heavy (non-hydrogen) atoms. The van der Waals surface area contributed by atoms with Gasteiger partial charge in [-0.15, -0.1) is 0 Å². The number of rotatable bonds is 11. The lowest BCUT2D eigenvalue weighted by Crippen LogP contribution is -2.40. The standard InChI is InChI=1S/C19H33ClO3Si2/c1-7-24(8-2,9-3)22-17-13-16(19(20)21)14-18(15-17)23-25(10-4,11-5)12-6/h13-15H,7-12H2,1-6H3. The SMILES string of the molecule is CC[Si](CC)(CC)Oc1cc(O[Si](CC)(CC)CC)cc(C(=O)Cl)c1. The van der Waals surface area contributed by atoms with E-state index in [0.717, 1.165) is 47.8 Å². The fourth-order valence-corrected chi connectivity index (χ4v) is 8.45. The van der Waals surface area contributed by atoms with Crippen LogP contribution in [0.5, 0.6) is 11.5 Å². The van der Waals surface area contributed by atoms with E-state index in [2.05, 4.69) is 41.5 Å². The Morgan fingerprint density at radius 1 is 0.760 bits per heavy atom. The van der Waals surface area contributed by atoms with E-state index in [1.165, 1.54) is 0 Å². The second-order valence-electron chi connectivity index (χ2n) is 6.66. The minimum Gasteiger partial charge on any atom is -0.543 e. The summed E-state index contributed by atoms with van der Waals surface area (Å²) >= 11 is 5.77. The van der Waals surface area contributed by atoms with Crippen LogP contribution in [0.4, 0.5) is 0 Å². The van der Waals surface area contributed by atoms with Crippen molar-refractivity contribution >= 4 is 33.5 Å². The van der Waals surface area contributed by atoms with E-state index >= 15 is 0 Å². The van der Waals surface area contributed by atoms with Gasteiger partial charge in [0, 0.05) is 11.6 Å². The van der Waals surface area contributed by atoms with Crippen molar-refractivity contribution in [2.24, 2.45) is 0 Å². The molecule has 0 saturated carbocycles. The molecule has 142 valence electrons. The van der Waals surface area contributed by atoms with Crippen molar-refractivity contribution in [3.05, 3.63) is 23.8 Å². The molecular formula is C19H33ClO3Si2. The molecule has 0 aromatic heterocycles. The first-order chi connectivity index (χ1) is 11.8. The van der Waals surface area contributed by atoms with Gasteiger partial charge in [0.1, 0.15) is 11.5 Å². The van der Waals surface area contributed by atoms with Crippen molar-refractivity contribution in [2.75, 3.05) is 0 Å². The molecule has 0 aliphatic heterocycles. The second-order valence-corrected chi connectivity index (χ2v) is 16.4. The molecular weight excluding hydrogens is 368 g/mol. The van der Waals surface area contributed by atoms with E-state index in [1.54, 1.807) is 12.1 Å². The predicted octanol–water partition coefficient (Wildman–Crippen LogP) is 6.83. The molecule has 0 aliphatic carbocycles. The van der Waals surface area contributed by atoms with Crippen molar-refractivity contribution in [2.45, 2.75) is 77.8 Å². The third-order valence-electron chi connectivity index (χ3n) is 5.64. The van der Waals surface area contributed by atoms with E-state index in [9.17, 15) is 4.79 Å². The molecule has 0 fully saturated rings. The van der Waals surface area contributed by atoms with Gasteiger partial charge in [-0.3, -0.25) is 4.79 Å². The monoisotopic (exact) mass is 400 g/mol. The zero-order valence-electron chi connectivity index (χ0n) is 16.6. The van der Waals surface area contributed by atoms with Crippen LogP contribution in [0.1, 0.15) is 51.9 Å². The Morgan fingerprint density at radius 3 is 1.32 bits per heavy atom. The van der Waals surface area contributed by atoms with E-state index in [0.29, 0.717) is 5.56 Å². The molecule has 0 atom stereocenters. The first-order valence-corrected chi connectivity index (χ1v) is 15.0. The summed E-state index contributed by atoms with van der Waals surface area (Å²) < 4.78 is 12.9. The Labute approximate surface area is 160 Å². The summed E-state index contributed by atoms with van der Waals surface area (Å²) in [6.45, 7) is 13.1. The van der Waals surface area contributed by atoms with Crippen LogP contribution < -0.4 is 8.85 Å². The van der Waals surface area contributed by atoms with Gasteiger partial charge in [-0.1, -0.05) is 41.5 Å². The van der Waals surface area contributed by atoms with Gasteiger partial charge in [-0.2, -0.15) is 0 Å². The van der Waals surface area contributed by atoms with Gasteiger partial charge in [-0.05, 0) is 60.0 Å². The lowest BCUT2D eigenvalue weighted by atomic mass is 10.2. The number of carbonyl (C=O) groups excluding carboxylic acids is 1. The van der Waals surface area contributed by atoms with Crippen LogP contribution in [0, 0.1) is 0 Å². The number of hydrogen-bond donors (Lipinski definition) is 0. The quantitative estimate of drug-likeness (QED) is 0.301. The van der Waals surface area contributed by atoms with E-state index in [4.69, 9.17) is 20.5 Å². The largest absolute Gasteiger partial charge is 0.543 e. The Balaban J connectivity index is 3.28. The molecule has 0 aliphatic rings. The molecule has 0 bridgehead atoms. The van der Waals surface area contributed by atoms with Crippen LogP contribution in [0.25, 0.3) is 0 Å². The fourth-order valence-electron chi connectivity index (χ4n) is 3.24. The van der Waals surface area contributed by atoms with Crippen LogP contribution in [0.15, 0.2) is 18.2 Å². The second kappa shape index (κ2) is 9.79. The number of benzene rings is 1. The average molecular weight is 401 g/mol. The zero-order chi connectivity index (χ0) is 19.1. The minimum absolute atomic E-state index is 0.451. The predicted molar refractivity (Wildman–Crippen MR) is 112 cm³/mol. The third-order valence-corrected chi connectivity index (χ3v) is 14.9. The summed E-state index contributed by atoms with van der Waals surface area (Å²) in [4.78, 5) is 11.8. The lowest BCUT2D eigenvalue weighted by Gasteiger charge is -2.31. The van der Waals surface area contributed by atoms with Crippen molar-refractivity contribution in [3.8, 4) is 11.5 Å². The van der Waals surface area contributed by atoms with Crippen molar-refractivity contribution in [3.63, 3.8) is 0 Å². The first-order valence-electron chi connectivity index (χ1n) is 9.56. The molecule has 0 unspecified atom stereocenters. The Morgan fingerprint density at radius 2 is 1.08 bits per heavy atom. The molecule has 1 rings (SSSR count). The lowest BCUT2D eigenvalue weighted by molar-refractivity contribution is 0.108. The molecule has 0 spiro atoms. The topological polar surface area (TPSA) is 35.5 Å². The zero-order valence-corrected chi connectivity index (χ0v) is 19.3. The highest BCUT2D eigenvalue weighted by Gasteiger charge is 2.33. The normalized spacial score (nSPS) is 12.1. The maximum absolute atomic E-state index is 11.8. The molecule has 3 nitrogen and oxygen atoms in total. The van der Waals surface area contributed by atoms with Crippen LogP contribution in [-0.2, 0) is 0 Å². The summed E-state index contributed by atoms with van der Waals surface area (Å²) in [5.74, 6) is 1.45. The highest BCUT2D eigenvalue weighted by Crippen LogP contribution is 2.33. The van der Waals surface area contributed by atoms with Crippen molar-refractivity contribution < 1.29 is 13.6 Å². The minimum atomic E-state index is -1.82. The van der Waals surface area contributed by atoms with E-state index in [-0.39, 0.29) is 0 Å². The Bertz CT molecular complexity index is 513. The Hall–Kier alpha value is -0.786. The molecule has 0 heterocycles. The van der Waals surface area contributed by atoms with Crippen LogP contribution in [0.2, 0.25) is 36.3 Å². The molecule has 1 aromatic carbocycles. The van der Waals surface area contributed by atoms with Crippen LogP contribution in [-0.4, -0.2) is 21.9 Å². The van der Waals surface area contributed by atoms with Gasteiger partial charge < -0.3 is 8.85 Å². The highest BCUT2D eigenvalue weighted by molar-refractivity contribution is 6.74. The molecule has 1 aromatic rings. The molecule has 0 radical (unpaired) electrons. The maximum atomic E-state index is 11.8. The first kappa shape index (κ1) is 22.3. The van der Waals surface area contributed by atoms with Gasteiger partial charge >= 0.3 is 0 Å². The van der Waals surface area contributed by atoms with Crippen LogP contribution in [0.3, 0.4) is 0 Å². The average Bonchev–Trinajstić information content (AvgIpc) is 2.64. The molecule has 6 heteroatoms. The molecule has 0 amide bonds. The summed E-state index contributed by atoms with van der Waals surface area (Å²) in [7, 11) is -3.64. The fraction of sp³-hybridized carbons (Fsp3) is 0.632. The number of halogens is 1. The summed E-state index contributed by atoms with van der Waals surface area (Å²) in [5, 5.41) is -0.469. The highest BCUT2D eigenvalue weighted by atomic mass is 35.5. The number of carbonyl (C=O) groups is 1. The van der Waals surface area contributed by atoms with E-state index in [1.807, 2.05) is 6.07 Å². The maximum Gasteiger partial charge on any atom is 0.252 e. The molecule has 0 saturated heterocycles. The number of hydrogen-bond acceptors (Lipinski definition) is 3. The third kappa shape index (κ3) is 5.59. The van der Waals surface area contributed by atoms with Crippen molar-refractivity contribution in [1.82, 2.24) is 0 Å². The summed E-state index contributed by atoms with van der Waals surface area (Å²) in [6.07, 6.45) is 0. The smallest absolute Gasteiger partial charge is 0.252 e. The molecule has 0 N–H and O–H groups in total. The van der Waals surface area contributed by atoms with Gasteiger partial charge in [0.05, 0.1) is 0 Å². The van der Waals surface area contributed by atoms with E-state index < -0.39 is 21.9 Å². The summed E-state index contributed by atoms with van der Waals surface area (Å²) in [5.41, 5.74) is 0.451. The summed E-state index contributed by atoms with van der Waals surface area (Å²) in [6, 6.07) is 11.8. The van der Waals surface area contributed by atoms with Crippen molar-refractivity contribution in [1.29, 1.82) is 0 Å². The van der Waals surface area contributed by atoms with Gasteiger partial charge in [0.25, 0.3) is 5.24 Å².